The molecule has 2 heterocycles. The van der Waals surface area contributed by atoms with E-state index in [1.807, 2.05) is 0 Å². The van der Waals surface area contributed by atoms with Crippen LogP contribution >= 0.6 is 0 Å². The lowest BCUT2D eigenvalue weighted by atomic mass is 10.2. The van der Waals surface area contributed by atoms with Gasteiger partial charge in [-0.15, -0.1) is 5.10 Å². The van der Waals surface area contributed by atoms with Crippen LogP contribution in [0.4, 0.5) is 4.39 Å². The second kappa shape index (κ2) is 4.56. The van der Waals surface area contributed by atoms with Crippen LogP contribution in [0.5, 0.6) is 0 Å². The maximum atomic E-state index is 13.1. The first kappa shape index (κ1) is 11.5. The van der Waals surface area contributed by atoms with E-state index in [9.17, 15) is 9.18 Å². The molecule has 5 nitrogen and oxygen atoms in total. The molecule has 0 spiro atoms. The monoisotopic (exact) mass is 260 g/mol. The molecule has 0 aliphatic carbocycles. The number of rotatable bonds is 3. The van der Waals surface area contributed by atoms with Crippen molar-refractivity contribution in [2.24, 2.45) is 0 Å². The molecule has 19 heavy (non-hydrogen) atoms. The highest BCUT2D eigenvalue weighted by Gasteiger charge is 2.12. The van der Waals surface area contributed by atoms with Crippen molar-refractivity contribution in [3.8, 4) is 11.7 Å². The van der Waals surface area contributed by atoms with Crippen molar-refractivity contribution in [3.05, 3.63) is 64.6 Å². The third kappa shape index (κ3) is 2.33. The summed E-state index contributed by atoms with van der Waals surface area (Å²) >= 11 is 0. The van der Waals surface area contributed by atoms with Gasteiger partial charge in [-0.2, -0.15) is 4.68 Å². The van der Waals surface area contributed by atoms with Crippen molar-refractivity contribution in [3.63, 3.8) is 0 Å². The number of furan rings is 1. The summed E-state index contributed by atoms with van der Waals surface area (Å²) in [4.78, 5) is 11.6. The predicted octanol–water partition coefficient (Wildman–Crippen LogP) is 2.28. The molecular formula is C13H9FN2O3. The number of hydrogen-bond acceptors (Lipinski definition) is 4. The molecule has 0 saturated carbocycles. The Morgan fingerprint density at radius 2 is 2.16 bits per heavy atom. The fraction of sp³-hybridized carbons (Fsp3) is 0.0769. The molecule has 0 bridgehead atoms. The van der Waals surface area contributed by atoms with Crippen molar-refractivity contribution in [2.75, 3.05) is 0 Å². The van der Waals surface area contributed by atoms with E-state index in [4.69, 9.17) is 8.83 Å². The van der Waals surface area contributed by atoms with Gasteiger partial charge in [0.1, 0.15) is 5.82 Å². The van der Waals surface area contributed by atoms with Crippen LogP contribution in [-0.2, 0) is 6.54 Å². The standard InChI is InChI=1S/C13H9FN2O3/c14-10-4-1-3-9(7-10)8-16-13(17)19-12(15-16)11-5-2-6-18-11/h1-7H,8H2. The van der Waals surface area contributed by atoms with Gasteiger partial charge in [-0.05, 0) is 29.8 Å². The van der Waals surface area contributed by atoms with E-state index in [0.717, 1.165) is 4.68 Å². The first-order valence-electron chi connectivity index (χ1n) is 5.58. The lowest BCUT2D eigenvalue weighted by Gasteiger charge is -1.98. The average Bonchev–Trinajstić information content (AvgIpc) is 3.00. The Morgan fingerprint density at radius 1 is 1.26 bits per heavy atom. The molecule has 0 fully saturated rings. The van der Waals surface area contributed by atoms with E-state index >= 15 is 0 Å². The SMILES string of the molecule is O=c1oc(-c2ccco2)nn1Cc1cccc(F)c1. The van der Waals surface area contributed by atoms with Crippen molar-refractivity contribution >= 4 is 0 Å². The van der Waals surface area contributed by atoms with E-state index in [0.29, 0.717) is 11.3 Å². The number of benzene rings is 1. The van der Waals surface area contributed by atoms with Crippen molar-refractivity contribution in [1.29, 1.82) is 0 Å². The van der Waals surface area contributed by atoms with Crippen molar-refractivity contribution in [2.45, 2.75) is 6.54 Å². The van der Waals surface area contributed by atoms with Crippen LogP contribution in [0.3, 0.4) is 0 Å². The van der Waals surface area contributed by atoms with Gasteiger partial charge in [-0.25, -0.2) is 9.18 Å². The summed E-state index contributed by atoms with van der Waals surface area (Å²) in [7, 11) is 0. The summed E-state index contributed by atoms with van der Waals surface area (Å²) in [6.07, 6.45) is 1.46. The van der Waals surface area contributed by atoms with Crippen LogP contribution in [0, 0.1) is 5.82 Å². The molecule has 0 saturated heterocycles. The second-order valence-electron chi connectivity index (χ2n) is 3.94. The highest BCUT2D eigenvalue weighted by molar-refractivity contribution is 5.42. The molecule has 0 amide bonds. The molecule has 2 aromatic heterocycles. The minimum Gasteiger partial charge on any atom is -0.459 e. The largest absolute Gasteiger partial charge is 0.459 e. The van der Waals surface area contributed by atoms with E-state index in [-0.39, 0.29) is 18.3 Å². The first-order valence-corrected chi connectivity index (χ1v) is 5.58. The van der Waals surface area contributed by atoms with Gasteiger partial charge in [0.2, 0.25) is 0 Å². The molecule has 1 aromatic carbocycles. The highest BCUT2D eigenvalue weighted by Crippen LogP contribution is 2.15. The fourth-order valence-electron chi connectivity index (χ4n) is 1.71. The fourth-order valence-corrected chi connectivity index (χ4v) is 1.71. The van der Waals surface area contributed by atoms with Crippen LogP contribution in [0.15, 0.2) is 56.3 Å². The smallest absolute Gasteiger partial charge is 0.437 e. The Balaban J connectivity index is 1.92. The number of nitrogens with zero attached hydrogens (tertiary/aromatic N) is 2. The zero-order valence-corrected chi connectivity index (χ0v) is 9.75. The number of aromatic nitrogens is 2. The van der Waals surface area contributed by atoms with Gasteiger partial charge >= 0.3 is 5.76 Å². The summed E-state index contributed by atoms with van der Waals surface area (Å²) < 4.78 is 24.2. The third-order valence-corrected chi connectivity index (χ3v) is 2.56. The molecule has 0 aliphatic heterocycles. The molecule has 3 aromatic rings. The maximum Gasteiger partial charge on any atom is 0.437 e. The first-order chi connectivity index (χ1) is 9.22. The van der Waals surface area contributed by atoms with Crippen molar-refractivity contribution in [1.82, 2.24) is 9.78 Å². The van der Waals surface area contributed by atoms with Crippen molar-refractivity contribution < 1.29 is 13.2 Å². The zero-order chi connectivity index (χ0) is 13.2. The van der Waals surface area contributed by atoms with E-state index in [2.05, 4.69) is 5.10 Å². The van der Waals surface area contributed by atoms with Gasteiger partial charge in [0.05, 0.1) is 12.8 Å². The lowest BCUT2D eigenvalue weighted by molar-refractivity contribution is 0.476. The summed E-state index contributed by atoms with van der Waals surface area (Å²) in [5.74, 6) is -0.502. The van der Waals surface area contributed by atoms with Crippen LogP contribution in [-0.4, -0.2) is 9.78 Å². The van der Waals surface area contributed by atoms with Gasteiger partial charge < -0.3 is 8.83 Å². The van der Waals surface area contributed by atoms with Gasteiger partial charge in [0.15, 0.2) is 5.76 Å². The minimum absolute atomic E-state index is 0.103. The Hall–Kier alpha value is -2.63. The van der Waals surface area contributed by atoms with Crippen LogP contribution in [0.25, 0.3) is 11.7 Å². The third-order valence-electron chi connectivity index (χ3n) is 2.56. The van der Waals surface area contributed by atoms with Gasteiger partial charge in [-0.1, -0.05) is 12.1 Å². The average molecular weight is 260 g/mol. The Kier molecular flexibility index (Phi) is 2.75. The molecule has 0 radical (unpaired) electrons. The van der Waals surface area contributed by atoms with Gasteiger partial charge in [-0.3, -0.25) is 0 Å². The summed E-state index contributed by atoms with van der Waals surface area (Å²) in [5.41, 5.74) is 0.626. The lowest BCUT2D eigenvalue weighted by Crippen LogP contribution is -2.16. The van der Waals surface area contributed by atoms with Crippen LogP contribution in [0.1, 0.15) is 5.56 Å². The number of halogens is 1. The normalized spacial score (nSPS) is 10.8. The molecule has 0 atom stereocenters. The summed E-state index contributed by atoms with van der Waals surface area (Å²) in [6.45, 7) is 0.140. The predicted molar refractivity (Wildman–Crippen MR) is 64.0 cm³/mol. The molecule has 0 N–H and O–H groups in total. The molecule has 0 unspecified atom stereocenters. The Labute approximate surface area is 106 Å². The molecule has 0 aliphatic rings. The number of hydrogen-bond donors (Lipinski definition) is 0. The molecule has 96 valence electrons. The van der Waals surface area contributed by atoms with Crippen LogP contribution in [0.2, 0.25) is 0 Å². The maximum absolute atomic E-state index is 13.1. The van der Waals surface area contributed by atoms with E-state index in [1.165, 1.54) is 18.4 Å². The van der Waals surface area contributed by atoms with E-state index in [1.54, 1.807) is 24.3 Å². The molecule has 6 heteroatoms. The summed E-state index contributed by atoms with van der Waals surface area (Å²) in [5, 5.41) is 4.00. The highest BCUT2D eigenvalue weighted by atomic mass is 19.1. The quantitative estimate of drug-likeness (QED) is 0.724. The Bertz CT molecular complexity index is 743. The van der Waals surface area contributed by atoms with Gasteiger partial charge in [0.25, 0.3) is 5.89 Å². The topological polar surface area (TPSA) is 61.2 Å². The minimum atomic E-state index is -0.615. The van der Waals surface area contributed by atoms with E-state index < -0.39 is 5.76 Å². The van der Waals surface area contributed by atoms with Crippen LogP contribution < -0.4 is 5.76 Å². The van der Waals surface area contributed by atoms with Gasteiger partial charge in [0, 0.05) is 0 Å². The molecule has 3 rings (SSSR count). The summed E-state index contributed by atoms with van der Waals surface area (Å²) in [6, 6.07) is 9.26. The zero-order valence-electron chi connectivity index (χ0n) is 9.75. The second-order valence-corrected chi connectivity index (χ2v) is 3.94. The Morgan fingerprint density at radius 3 is 2.89 bits per heavy atom. The molecular weight excluding hydrogens is 251 g/mol.